The summed E-state index contributed by atoms with van der Waals surface area (Å²) in [6.45, 7) is 4.63. The van der Waals surface area contributed by atoms with Crippen LogP contribution in [-0.2, 0) is 6.42 Å². The molecule has 0 radical (unpaired) electrons. The van der Waals surface area contributed by atoms with Crippen molar-refractivity contribution in [2.24, 2.45) is 5.92 Å². The third-order valence-corrected chi connectivity index (χ3v) is 6.14. The SMILES string of the molecule is CCCCCCc1ccc2cc([C@H]3CC[C@H](CC)CC3)ccc2c1. The van der Waals surface area contributed by atoms with Crippen LogP contribution in [0.1, 0.15) is 88.7 Å². The van der Waals surface area contributed by atoms with Gasteiger partial charge in [-0.25, -0.2) is 0 Å². The second-order valence-electron chi connectivity index (χ2n) is 7.88. The zero-order valence-electron chi connectivity index (χ0n) is 15.7. The standard InChI is InChI=1S/C24H34/c1-3-5-6-7-8-20-11-14-24-18-23(16-15-22(24)17-20)21-12-9-19(4-2)10-13-21/h11,14-19,21H,3-10,12-13H2,1-2H3/t19-,21-. The average Bonchev–Trinajstić information content (AvgIpc) is 2.65. The van der Waals surface area contributed by atoms with Crippen LogP contribution >= 0.6 is 0 Å². The van der Waals surface area contributed by atoms with Gasteiger partial charge in [0.05, 0.1) is 0 Å². The van der Waals surface area contributed by atoms with Gasteiger partial charge in [-0.1, -0.05) is 75.9 Å². The van der Waals surface area contributed by atoms with E-state index in [9.17, 15) is 0 Å². The highest BCUT2D eigenvalue weighted by Gasteiger charge is 2.21. The lowest BCUT2D eigenvalue weighted by molar-refractivity contribution is 0.319. The molecule has 2 aromatic carbocycles. The predicted molar refractivity (Wildman–Crippen MR) is 107 cm³/mol. The fraction of sp³-hybridized carbons (Fsp3) is 0.583. The molecule has 0 atom stereocenters. The first kappa shape index (κ1) is 17.5. The van der Waals surface area contributed by atoms with Crippen molar-refractivity contribution >= 4 is 10.8 Å². The van der Waals surface area contributed by atoms with Gasteiger partial charge in [0.1, 0.15) is 0 Å². The van der Waals surface area contributed by atoms with Crippen molar-refractivity contribution in [3.63, 3.8) is 0 Å². The Hall–Kier alpha value is -1.30. The van der Waals surface area contributed by atoms with Crippen LogP contribution in [0.5, 0.6) is 0 Å². The summed E-state index contributed by atoms with van der Waals surface area (Å²) in [7, 11) is 0. The summed E-state index contributed by atoms with van der Waals surface area (Å²) in [5.41, 5.74) is 3.09. The van der Waals surface area contributed by atoms with Crippen LogP contribution in [-0.4, -0.2) is 0 Å². The molecule has 0 nitrogen and oxygen atoms in total. The highest BCUT2D eigenvalue weighted by molar-refractivity contribution is 5.84. The number of hydrogen-bond donors (Lipinski definition) is 0. The third kappa shape index (κ3) is 4.41. The molecule has 24 heavy (non-hydrogen) atoms. The summed E-state index contributed by atoms with van der Waals surface area (Å²) in [6.07, 6.45) is 13.6. The quantitative estimate of drug-likeness (QED) is 0.459. The van der Waals surface area contributed by atoms with Crippen molar-refractivity contribution in [1.29, 1.82) is 0 Å². The van der Waals surface area contributed by atoms with Gasteiger partial charge in [0.25, 0.3) is 0 Å². The monoisotopic (exact) mass is 322 g/mol. The first-order valence-corrected chi connectivity index (χ1v) is 10.3. The minimum atomic E-state index is 0.797. The minimum absolute atomic E-state index is 0.797. The Morgan fingerprint density at radius 2 is 1.54 bits per heavy atom. The van der Waals surface area contributed by atoms with E-state index < -0.39 is 0 Å². The topological polar surface area (TPSA) is 0 Å². The van der Waals surface area contributed by atoms with Crippen LogP contribution in [0, 0.1) is 5.92 Å². The van der Waals surface area contributed by atoms with Gasteiger partial charge >= 0.3 is 0 Å². The smallest absolute Gasteiger partial charge is 0.0162 e. The summed E-state index contributed by atoms with van der Waals surface area (Å²) < 4.78 is 0. The molecule has 0 unspecified atom stereocenters. The molecular formula is C24H34. The molecule has 3 rings (SSSR count). The van der Waals surface area contributed by atoms with Gasteiger partial charge in [0, 0.05) is 0 Å². The molecule has 0 bridgehead atoms. The number of aryl methyl sites for hydroxylation is 1. The molecule has 0 heterocycles. The van der Waals surface area contributed by atoms with E-state index in [0.29, 0.717) is 0 Å². The van der Waals surface area contributed by atoms with Crippen LogP contribution in [0.2, 0.25) is 0 Å². The first-order valence-electron chi connectivity index (χ1n) is 10.3. The van der Waals surface area contributed by atoms with Gasteiger partial charge in [-0.15, -0.1) is 0 Å². The Morgan fingerprint density at radius 1 is 0.792 bits per heavy atom. The van der Waals surface area contributed by atoms with Gasteiger partial charge in [-0.2, -0.15) is 0 Å². The Bertz CT molecular complexity index is 632. The van der Waals surface area contributed by atoms with Crippen LogP contribution in [0.3, 0.4) is 0 Å². The zero-order valence-corrected chi connectivity index (χ0v) is 15.7. The molecule has 0 aliphatic heterocycles. The van der Waals surface area contributed by atoms with E-state index in [1.807, 2.05) is 0 Å². The van der Waals surface area contributed by atoms with Crippen LogP contribution in [0.25, 0.3) is 10.8 Å². The van der Waals surface area contributed by atoms with E-state index in [1.54, 1.807) is 5.56 Å². The maximum Gasteiger partial charge on any atom is -0.0162 e. The predicted octanol–water partition coefficient (Wildman–Crippen LogP) is 7.65. The summed E-state index contributed by atoms with van der Waals surface area (Å²) in [5.74, 6) is 1.78. The molecule has 0 spiro atoms. The van der Waals surface area contributed by atoms with Crippen molar-refractivity contribution < 1.29 is 0 Å². The Balaban J connectivity index is 1.66. The number of unbranched alkanes of at least 4 members (excludes halogenated alkanes) is 3. The maximum absolute atomic E-state index is 2.47. The molecule has 1 aliphatic rings. The normalized spacial score (nSPS) is 21.2. The second-order valence-corrected chi connectivity index (χ2v) is 7.88. The van der Waals surface area contributed by atoms with Crippen LogP contribution < -0.4 is 0 Å². The third-order valence-electron chi connectivity index (χ3n) is 6.14. The van der Waals surface area contributed by atoms with Gasteiger partial charge < -0.3 is 0 Å². The summed E-state index contributed by atoms with van der Waals surface area (Å²) in [6, 6.07) is 14.4. The van der Waals surface area contributed by atoms with Crippen molar-refractivity contribution in [3.05, 3.63) is 47.5 Å². The second kappa shape index (κ2) is 8.70. The van der Waals surface area contributed by atoms with Gasteiger partial charge in [0.2, 0.25) is 0 Å². The summed E-state index contributed by atoms with van der Waals surface area (Å²) in [5, 5.41) is 2.86. The van der Waals surface area contributed by atoms with E-state index in [1.165, 1.54) is 80.5 Å². The summed E-state index contributed by atoms with van der Waals surface area (Å²) in [4.78, 5) is 0. The molecule has 1 fully saturated rings. The number of hydrogen-bond acceptors (Lipinski definition) is 0. The lowest BCUT2D eigenvalue weighted by Gasteiger charge is -2.28. The van der Waals surface area contributed by atoms with Crippen molar-refractivity contribution in [1.82, 2.24) is 0 Å². The average molecular weight is 323 g/mol. The molecular weight excluding hydrogens is 288 g/mol. The molecule has 2 aromatic rings. The Kier molecular flexibility index (Phi) is 6.35. The number of fused-ring (bicyclic) bond motifs is 1. The fourth-order valence-electron chi connectivity index (χ4n) is 4.38. The van der Waals surface area contributed by atoms with E-state index in [0.717, 1.165) is 11.8 Å². The van der Waals surface area contributed by atoms with Crippen LogP contribution in [0.15, 0.2) is 36.4 Å². The Morgan fingerprint density at radius 3 is 2.29 bits per heavy atom. The molecule has 0 aromatic heterocycles. The lowest BCUT2D eigenvalue weighted by Crippen LogP contribution is -2.12. The van der Waals surface area contributed by atoms with Gasteiger partial charge in [-0.3, -0.25) is 0 Å². The van der Waals surface area contributed by atoms with Crippen LogP contribution in [0.4, 0.5) is 0 Å². The molecule has 1 aliphatic carbocycles. The number of rotatable bonds is 7. The molecule has 1 saturated carbocycles. The highest BCUT2D eigenvalue weighted by Crippen LogP contribution is 2.37. The van der Waals surface area contributed by atoms with Gasteiger partial charge in [0.15, 0.2) is 0 Å². The highest BCUT2D eigenvalue weighted by atomic mass is 14.3. The lowest BCUT2D eigenvalue weighted by atomic mass is 9.77. The summed E-state index contributed by atoms with van der Waals surface area (Å²) >= 11 is 0. The molecule has 0 N–H and O–H groups in total. The van der Waals surface area contributed by atoms with E-state index in [2.05, 4.69) is 50.2 Å². The minimum Gasteiger partial charge on any atom is -0.0654 e. The number of benzene rings is 2. The molecule has 0 heteroatoms. The van der Waals surface area contributed by atoms with Gasteiger partial charge in [-0.05, 0) is 72.3 Å². The van der Waals surface area contributed by atoms with E-state index in [-0.39, 0.29) is 0 Å². The van der Waals surface area contributed by atoms with Crippen molar-refractivity contribution in [2.75, 3.05) is 0 Å². The van der Waals surface area contributed by atoms with Crippen molar-refractivity contribution in [3.8, 4) is 0 Å². The molecule has 130 valence electrons. The maximum atomic E-state index is 2.47. The zero-order chi connectivity index (χ0) is 16.8. The molecule has 0 amide bonds. The van der Waals surface area contributed by atoms with E-state index in [4.69, 9.17) is 0 Å². The first-order chi connectivity index (χ1) is 11.8. The fourth-order valence-corrected chi connectivity index (χ4v) is 4.38. The Labute approximate surface area is 148 Å². The molecule has 0 saturated heterocycles. The van der Waals surface area contributed by atoms with E-state index >= 15 is 0 Å². The van der Waals surface area contributed by atoms with Crippen molar-refractivity contribution in [2.45, 2.75) is 84.0 Å². The largest absolute Gasteiger partial charge is 0.0654 e.